The van der Waals surface area contributed by atoms with Crippen LogP contribution in [-0.2, 0) is 6.54 Å². The highest BCUT2D eigenvalue weighted by Crippen LogP contribution is 2.19. The normalized spacial score (nSPS) is 12.1. The summed E-state index contributed by atoms with van der Waals surface area (Å²) < 4.78 is 40.7. The lowest BCUT2D eigenvalue weighted by molar-refractivity contribution is -0.131. The molecule has 0 aliphatic rings. The Hall–Kier alpha value is -1.31. The van der Waals surface area contributed by atoms with E-state index in [1.165, 1.54) is 0 Å². The van der Waals surface area contributed by atoms with Crippen molar-refractivity contribution < 1.29 is 17.6 Å². The van der Waals surface area contributed by atoms with Crippen LogP contribution in [0.25, 0.3) is 0 Å². The van der Waals surface area contributed by atoms with Gasteiger partial charge in [-0.25, -0.2) is 0 Å². The first-order chi connectivity index (χ1) is 7.87. The lowest BCUT2D eigenvalue weighted by Crippen LogP contribution is -2.21. The monoisotopic (exact) mass is 252 g/mol. The maximum atomic E-state index is 11.9. The van der Waals surface area contributed by atoms with E-state index in [9.17, 15) is 13.2 Å². The summed E-state index contributed by atoms with van der Waals surface area (Å²) in [6.45, 7) is 4.03. The Bertz CT molecular complexity index is 337. The zero-order chi connectivity index (χ0) is 12.9. The molecule has 8 heteroatoms. The third-order valence-electron chi connectivity index (χ3n) is 1.81. The van der Waals surface area contributed by atoms with Crippen molar-refractivity contribution in [3.8, 4) is 0 Å². The largest absolute Gasteiger partial charge is 0.407 e. The first kappa shape index (κ1) is 13.8. The summed E-state index contributed by atoms with van der Waals surface area (Å²) >= 11 is 0. The van der Waals surface area contributed by atoms with Crippen molar-refractivity contribution in [2.75, 3.05) is 11.9 Å². The molecule has 1 rings (SSSR count). The molecule has 0 amide bonds. The molecule has 1 aromatic rings. The van der Waals surface area contributed by atoms with Gasteiger partial charge in [-0.2, -0.15) is 13.2 Å². The minimum atomic E-state index is -4.19. The zero-order valence-electron chi connectivity index (χ0n) is 9.64. The van der Waals surface area contributed by atoms with Crippen LogP contribution in [0.15, 0.2) is 4.42 Å². The lowest BCUT2D eigenvalue weighted by atomic mass is 10.4. The molecule has 0 bridgehead atoms. The van der Waals surface area contributed by atoms with Gasteiger partial charge in [0.05, 0.1) is 13.0 Å². The van der Waals surface area contributed by atoms with Crippen molar-refractivity contribution in [1.29, 1.82) is 0 Å². The highest BCUT2D eigenvalue weighted by atomic mass is 19.4. The molecular formula is C9H15F3N4O. The van der Waals surface area contributed by atoms with Gasteiger partial charge in [0, 0.05) is 12.6 Å². The molecule has 1 aromatic heterocycles. The van der Waals surface area contributed by atoms with Crippen LogP contribution in [0.4, 0.5) is 19.2 Å². The highest BCUT2D eigenvalue weighted by molar-refractivity contribution is 5.16. The van der Waals surface area contributed by atoms with E-state index in [0.717, 1.165) is 0 Å². The molecule has 0 saturated heterocycles. The van der Waals surface area contributed by atoms with Gasteiger partial charge in [-0.3, -0.25) is 0 Å². The van der Waals surface area contributed by atoms with E-state index in [1.54, 1.807) is 0 Å². The third kappa shape index (κ3) is 6.10. The molecule has 0 radical (unpaired) electrons. The van der Waals surface area contributed by atoms with Crippen LogP contribution in [0.3, 0.4) is 0 Å². The number of nitrogens with one attached hydrogen (secondary N) is 2. The SMILES string of the molecule is CC(C)NCc1nnc(NCCC(F)(F)F)o1. The van der Waals surface area contributed by atoms with Crippen molar-refractivity contribution in [3.63, 3.8) is 0 Å². The Morgan fingerprint density at radius 2 is 2.00 bits per heavy atom. The molecule has 0 aromatic carbocycles. The first-order valence-corrected chi connectivity index (χ1v) is 5.23. The quantitative estimate of drug-likeness (QED) is 0.810. The number of nitrogens with zero attached hydrogens (tertiary/aromatic N) is 2. The lowest BCUT2D eigenvalue weighted by Gasteiger charge is -2.05. The maximum Gasteiger partial charge on any atom is 0.390 e. The molecule has 0 aliphatic heterocycles. The van der Waals surface area contributed by atoms with Crippen molar-refractivity contribution in [2.45, 2.75) is 39.0 Å². The molecule has 0 atom stereocenters. The number of rotatable bonds is 6. The Morgan fingerprint density at radius 1 is 1.29 bits per heavy atom. The molecule has 0 unspecified atom stereocenters. The summed E-state index contributed by atoms with van der Waals surface area (Å²) in [4.78, 5) is 0. The minimum Gasteiger partial charge on any atom is -0.407 e. The van der Waals surface area contributed by atoms with Gasteiger partial charge in [-0.1, -0.05) is 18.9 Å². The molecular weight excluding hydrogens is 237 g/mol. The summed E-state index contributed by atoms with van der Waals surface area (Å²) in [5, 5.41) is 12.7. The van der Waals surface area contributed by atoms with Crippen molar-refractivity contribution >= 4 is 6.01 Å². The van der Waals surface area contributed by atoms with E-state index in [0.29, 0.717) is 12.4 Å². The van der Waals surface area contributed by atoms with Crippen LogP contribution >= 0.6 is 0 Å². The second-order valence-corrected chi connectivity index (χ2v) is 3.83. The van der Waals surface area contributed by atoms with E-state index in [-0.39, 0.29) is 18.6 Å². The molecule has 0 aliphatic carbocycles. The van der Waals surface area contributed by atoms with Crippen LogP contribution in [0.1, 0.15) is 26.2 Å². The summed E-state index contributed by atoms with van der Waals surface area (Å²) in [5.41, 5.74) is 0. The fraction of sp³-hybridized carbons (Fsp3) is 0.778. The molecule has 5 nitrogen and oxygen atoms in total. The molecule has 2 N–H and O–H groups in total. The van der Waals surface area contributed by atoms with Crippen molar-refractivity contribution in [3.05, 3.63) is 5.89 Å². The fourth-order valence-corrected chi connectivity index (χ4v) is 0.999. The third-order valence-corrected chi connectivity index (χ3v) is 1.81. The molecule has 17 heavy (non-hydrogen) atoms. The van der Waals surface area contributed by atoms with Crippen LogP contribution in [0, 0.1) is 0 Å². The Morgan fingerprint density at radius 3 is 2.59 bits per heavy atom. The predicted molar refractivity (Wildman–Crippen MR) is 55.4 cm³/mol. The van der Waals surface area contributed by atoms with Gasteiger partial charge < -0.3 is 15.1 Å². The molecule has 98 valence electrons. The van der Waals surface area contributed by atoms with E-state index in [2.05, 4.69) is 20.8 Å². The number of alkyl halides is 3. The molecule has 0 fully saturated rings. The average Bonchev–Trinajstić information content (AvgIpc) is 2.61. The van der Waals surface area contributed by atoms with Gasteiger partial charge in [0.15, 0.2) is 0 Å². The minimum absolute atomic E-state index is 0.00908. The van der Waals surface area contributed by atoms with Gasteiger partial charge in [0.25, 0.3) is 0 Å². The average molecular weight is 252 g/mol. The molecule has 0 saturated carbocycles. The number of hydrogen-bond acceptors (Lipinski definition) is 5. The summed E-state index contributed by atoms with van der Waals surface area (Å²) in [5.74, 6) is 0.341. The van der Waals surface area contributed by atoms with E-state index in [4.69, 9.17) is 4.42 Å². The first-order valence-electron chi connectivity index (χ1n) is 5.23. The van der Waals surface area contributed by atoms with Gasteiger partial charge >= 0.3 is 12.2 Å². The second-order valence-electron chi connectivity index (χ2n) is 3.83. The predicted octanol–water partition coefficient (Wildman–Crippen LogP) is 1.93. The number of halogens is 3. The van der Waals surface area contributed by atoms with Gasteiger partial charge in [-0.05, 0) is 0 Å². The van der Waals surface area contributed by atoms with Crippen LogP contribution < -0.4 is 10.6 Å². The number of aromatic nitrogens is 2. The second kappa shape index (κ2) is 5.85. The highest BCUT2D eigenvalue weighted by Gasteiger charge is 2.26. The molecule has 0 spiro atoms. The Balaban J connectivity index is 2.31. The Kier molecular flexibility index (Phi) is 4.73. The summed E-state index contributed by atoms with van der Waals surface area (Å²) in [6.07, 6.45) is -5.12. The fourth-order valence-electron chi connectivity index (χ4n) is 0.999. The van der Waals surface area contributed by atoms with Gasteiger partial charge in [-0.15, -0.1) is 5.10 Å². The maximum absolute atomic E-state index is 11.9. The number of hydrogen-bond donors (Lipinski definition) is 2. The Labute approximate surface area is 96.8 Å². The van der Waals surface area contributed by atoms with Crippen LogP contribution in [0.5, 0.6) is 0 Å². The van der Waals surface area contributed by atoms with Crippen molar-refractivity contribution in [1.82, 2.24) is 15.5 Å². The van der Waals surface area contributed by atoms with Gasteiger partial charge in [0.2, 0.25) is 5.89 Å². The summed E-state index contributed by atoms with van der Waals surface area (Å²) in [7, 11) is 0. The van der Waals surface area contributed by atoms with Crippen LogP contribution in [0.2, 0.25) is 0 Å². The molecule has 1 heterocycles. The summed E-state index contributed by atoms with van der Waals surface area (Å²) in [6, 6.07) is 0.276. The smallest absolute Gasteiger partial charge is 0.390 e. The number of anilines is 1. The topological polar surface area (TPSA) is 63.0 Å². The van der Waals surface area contributed by atoms with E-state index in [1.807, 2.05) is 13.8 Å². The van der Waals surface area contributed by atoms with Crippen molar-refractivity contribution in [2.24, 2.45) is 0 Å². The van der Waals surface area contributed by atoms with E-state index >= 15 is 0 Å². The van der Waals surface area contributed by atoms with E-state index < -0.39 is 12.6 Å². The zero-order valence-corrected chi connectivity index (χ0v) is 9.64. The van der Waals surface area contributed by atoms with Gasteiger partial charge in [0.1, 0.15) is 0 Å². The van der Waals surface area contributed by atoms with Crippen LogP contribution in [-0.4, -0.2) is 29.0 Å². The standard InChI is InChI=1S/C9H15F3N4O/c1-6(2)14-5-7-15-16-8(17-7)13-4-3-9(10,11)12/h6,14H,3-5H2,1-2H3,(H,13,16).